The van der Waals surface area contributed by atoms with Gasteiger partial charge in [-0.2, -0.15) is 0 Å². The van der Waals surface area contributed by atoms with Crippen LogP contribution in [0.15, 0.2) is 72.8 Å². The molecule has 0 radical (unpaired) electrons. The number of benzene rings is 4. The van der Waals surface area contributed by atoms with Crippen LogP contribution in [0.5, 0.6) is 0 Å². The van der Waals surface area contributed by atoms with Crippen molar-refractivity contribution in [3.05, 3.63) is 95.1 Å². The molecule has 0 saturated heterocycles. The number of nitrogens with zero attached hydrogens (tertiary/aromatic N) is 2. The Kier molecular flexibility index (Phi) is 9.83. The lowest BCUT2D eigenvalue weighted by molar-refractivity contribution is 0.143. The fourth-order valence-electron chi connectivity index (χ4n) is 6.29. The predicted octanol–water partition coefficient (Wildman–Crippen LogP) is 9.15. The normalized spacial score (nSPS) is 11.4. The highest BCUT2D eigenvalue weighted by Crippen LogP contribution is 2.32. The number of aliphatic hydroxyl groups is 2. The number of rotatable bonds is 6. The summed E-state index contributed by atoms with van der Waals surface area (Å²) in [5, 5.41) is 24.8. The van der Waals surface area contributed by atoms with E-state index >= 15 is 0 Å². The molecule has 0 aliphatic heterocycles. The summed E-state index contributed by atoms with van der Waals surface area (Å²) in [7, 11) is 0. The summed E-state index contributed by atoms with van der Waals surface area (Å²) >= 11 is 0. The minimum absolute atomic E-state index is 0.875. The molecular formula is C46H44N2O2. The van der Waals surface area contributed by atoms with Crippen LogP contribution in [0.3, 0.4) is 0 Å². The van der Waals surface area contributed by atoms with Crippen molar-refractivity contribution in [3.63, 3.8) is 0 Å². The first kappa shape index (κ1) is 34.5. The van der Waals surface area contributed by atoms with E-state index in [1.54, 1.807) is 27.7 Å². The van der Waals surface area contributed by atoms with Crippen LogP contribution in [0.4, 0.5) is 0 Å². The minimum atomic E-state index is -1.05. The molecule has 4 heteroatoms. The molecule has 0 spiro atoms. The standard InChI is InChI=1S/C46H44N2O2/c1-7-9-27-47-41-19-15-33(29-37(41)39-31-35(17-21-43(39)47)23-25-45(3,4)49)13-11-12-14-34-16-20-42-38(30-34)40-32-36(24-26-46(5,6)50)18-22-44(40)48(42)28-10-8-2/h15-22,29-32,49-50H,7-10,27-28H2,1-6H3. The van der Waals surface area contributed by atoms with Crippen molar-refractivity contribution >= 4 is 43.6 Å². The molecule has 6 aromatic rings. The smallest absolute Gasteiger partial charge is 0.120 e. The minimum Gasteiger partial charge on any atom is -0.378 e. The number of fused-ring (bicyclic) bond motifs is 6. The molecule has 0 saturated carbocycles. The van der Waals surface area contributed by atoms with Gasteiger partial charge >= 0.3 is 0 Å². The van der Waals surface area contributed by atoms with E-state index < -0.39 is 11.2 Å². The molecule has 250 valence electrons. The molecule has 0 bridgehead atoms. The van der Waals surface area contributed by atoms with Crippen molar-refractivity contribution < 1.29 is 10.2 Å². The Hall–Kier alpha value is -5.36. The van der Waals surface area contributed by atoms with Crippen LogP contribution in [-0.4, -0.2) is 30.5 Å². The number of hydrogen-bond donors (Lipinski definition) is 2. The zero-order valence-electron chi connectivity index (χ0n) is 30.0. The van der Waals surface area contributed by atoms with Gasteiger partial charge in [-0.15, -0.1) is 0 Å². The number of aromatic nitrogens is 2. The van der Waals surface area contributed by atoms with Gasteiger partial charge in [-0.25, -0.2) is 0 Å². The molecule has 6 rings (SSSR count). The zero-order chi connectivity index (χ0) is 35.5. The first-order valence-corrected chi connectivity index (χ1v) is 17.6. The first-order valence-electron chi connectivity index (χ1n) is 17.6. The predicted molar refractivity (Wildman–Crippen MR) is 209 cm³/mol. The van der Waals surface area contributed by atoms with Crippen LogP contribution in [0.25, 0.3) is 43.6 Å². The fourth-order valence-corrected chi connectivity index (χ4v) is 6.29. The summed E-state index contributed by atoms with van der Waals surface area (Å²) in [6, 6.07) is 25.3. The van der Waals surface area contributed by atoms with Gasteiger partial charge in [-0.05, 0) is 125 Å². The average Bonchev–Trinajstić information content (AvgIpc) is 3.56. The second kappa shape index (κ2) is 14.2. The Balaban J connectivity index is 1.36. The number of hydrogen-bond acceptors (Lipinski definition) is 2. The number of aryl methyl sites for hydroxylation is 2. The highest BCUT2D eigenvalue weighted by atomic mass is 16.3. The monoisotopic (exact) mass is 656 g/mol. The quantitative estimate of drug-likeness (QED) is 0.176. The molecule has 0 unspecified atom stereocenters. The summed E-state index contributed by atoms with van der Waals surface area (Å²) in [6.45, 7) is 13.1. The molecule has 2 heterocycles. The molecule has 0 aliphatic rings. The first-order chi connectivity index (χ1) is 23.9. The van der Waals surface area contributed by atoms with Gasteiger partial charge in [0.15, 0.2) is 0 Å². The maximum atomic E-state index is 10.1. The van der Waals surface area contributed by atoms with Gasteiger partial charge in [0.25, 0.3) is 0 Å². The van der Waals surface area contributed by atoms with E-state index in [0.29, 0.717) is 0 Å². The van der Waals surface area contributed by atoms with Crippen molar-refractivity contribution in [1.82, 2.24) is 9.13 Å². The summed E-state index contributed by atoms with van der Waals surface area (Å²) in [6.07, 6.45) is 4.42. The van der Waals surface area contributed by atoms with Crippen molar-refractivity contribution in [2.75, 3.05) is 0 Å². The Morgan fingerprint density at radius 3 is 1.06 bits per heavy atom. The van der Waals surface area contributed by atoms with Gasteiger partial charge in [0.05, 0.1) is 0 Å². The Bertz CT molecular complexity index is 2320. The van der Waals surface area contributed by atoms with E-state index in [9.17, 15) is 10.2 Å². The fraction of sp³-hybridized carbons (Fsp3) is 0.304. The van der Waals surface area contributed by atoms with Gasteiger partial charge in [0.2, 0.25) is 0 Å². The summed E-state index contributed by atoms with van der Waals surface area (Å²) in [5.41, 5.74) is 6.17. The molecule has 0 atom stereocenters. The maximum absolute atomic E-state index is 10.1. The third-order valence-corrected chi connectivity index (χ3v) is 8.70. The Morgan fingerprint density at radius 1 is 0.480 bits per heavy atom. The molecule has 50 heavy (non-hydrogen) atoms. The number of unbranched alkanes of at least 4 members (excludes halogenated alkanes) is 2. The van der Waals surface area contributed by atoms with E-state index in [1.165, 1.54) is 22.1 Å². The van der Waals surface area contributed by atoms with E-state index in [0.717, 1.165) is 82.6 Å². The lowest BCUT2D eigenvalue weighted by Crippen LogP contribution is -2.14. The summed E-state index contributed by atoms with van der Waals surface area (Å²) in [4.78, 5) is 0. The van der Waals surface area contributed by atoms with Gasteiger partial charge in [0.1, 0.15) is 11.2 Å². The molecule has 0 amide bonds. The maximum Gasteiger partial charge on any atom is 0.120 e. The SMILES string of the molecule is CCCCn1c2ccc(C#CC#Cc3ccc4c(c3)c3cc(C#CC(C)(C)O)ccc3n4CCCC)cc2c2cc(C#CC(C)(C)O)ccc21. The van der Waals surface area contributed by atoms with Crippen LogP contribution in [0.2, 0.25) is 0 Å². The molecule has 2 aromatic heterocycles. The van der Waals surface area contributed by atoms with Gasteiger partial charge in [-0.3, -0.25) is 0 Å². The van der Waals surface area contributed by atoms with Crippen molar-refractivity contribution in [1.29, 1.82) is 0 Å². The second-order valence-electron chi connectivity index (χ2n) is 14.1. The third-order valence-electron chi connectivity index (χ3n) is 8.70. The summed E-state index contributed by atoms with van der Waals surface area (Å²) in [5.74, 6) is 24.9. The zero-order valence-corrected chi connectivity index (χ0v) is 30.0. The largest absolute Gasteiger partial charge is 0.378 e. The topological polar surface area (TPSA) is 50.3 Å². The summed E-state index contributed by atoms with van der Waals surface area (Å²) < 4.78 is 4.77. The Morgan fingerprint density at radius 2 is 0.780 bits per heavy atom. The molecular weight excluding hydrogens is 613 g/mol. The molecule has 4 nitrogen and oxygen atoms in total. The second-order valence-corrected chi connectivity index (χ2v) is 14.1. The van der Waals surface area contributed by atoms with E-state index in [-0.39, 0.29) is 0 Å². The molecule has 2 N–H and O–H groups in total. The van der Waals surface area contributed by atoms with Crippen LogP contribution in [0.1, 0.15) is 89.5 Å². The van der Waals surface area contributed by atoms with E-state index in [2.05, 4.69) is 131 Å². The Labute approximate surface area is 296 Å². The van der Waals surface area contributed by atoms with E-state index in [1.807, 2.05) is 12.1 Å². The van der Waals surface area contributed by atoms with Crippen LogP contribution in [-0.2, 0) is 13.1 Å². The highest BCUT2D eigenvalue weighted by molar-refractivity contribution is 6.10. The molecule has 0 aliphatic carbocycles. The highest BCUT2D eigenvalue weighted by Gasteiger charge is 2.14. The van der Waals surface area contributed by atoms with Crippen molar-refractivity contribution in [2.45, 2.75) is 91.5 Å². The molecule has 4 aromatic carbocycles. The van der Waals surface area contributed by atoms with Crippen LogP contribution in [0, 0.1) is 47.4 Å². The lowest BCUT2D eigenvalue weighted by Gasteiger charge is -2.07. The van der Waals surface area contributed by atoms with Gasteiger partial charge in [-0.1, -0.05) is 62.2 Å². The van der Waals surface area contributed by atoms with Gasteiger partial charge in [0, 0.05) is 79.0 Å². The van der Waals surface area contributed by atoms with Crippen molar-refractivity contribution in [2.24, 2.45) is 0 Å². The van der Waals surface area contributed by atoms with Crippen LogP contribution < -0.4 is 0 Å². The molecule has 0 fully saturated rings. The van der Waals surface area contributed by atoms with Crippen molar-refractivity contribution in [3.8, 4) is 47.4 Å². The van der Waals surface area contributed by atoms with E-state index in [4.69, 9.17) is 0 Å². The average molecular weight is 657 g/mol. The lowest BCUT2D eigenvalue weighted by atomic mass is 10.1. The van der Waals surface area contributed by atoms with Gasteiger partial charge < -0.3 is 19.3 Å². The third kappa shape index (κ3) is 7.76. The van der Waals surface area contributed by atoms with Crippen LogP contribution >= 0.6 is 0 Å².